The number of thiophene rings is 1. The van der Waals surface area contributed by atoms with Crippen LogP contribution in [0.25, 0.3) is 10.8 Å². The highest BCUT2D eigenvalue weighted by Crippen LogP contribution is 2.31. The lowest BCUT2D eigenvalue weighted by atomic mass is 10.1. The molecule has 0 aromatic carbocycles. The van der Waals surface area contributed by atoms with Crippen LogP contribution in [-0.2, 0) is 6.42 Å². The van der Waals surface area contributed by atoms with Crippen LogP contribution in [-0.4, -0.2) is 27.2 Å². The number of nitro groups is 1. The Labute approximate surface area is 126 Å². The molecule has 0 fully saturated rings. The standard InChI is InChI=1S/C13H18N4O3S/c1-13(2,3)14-8-4-5-10-15-16-12(20-10)9-6-7-11(21-9)17(18)19/h6-7,14H,4-5,8H2,1-3H3. The molecule has 0 atom stereocenters. The van der Waals surface area contributed by atoms with Crippen LogP contribution in [0.1, 0.15) is 33.1 Å². The first kappa shape index (κ1) is 15.6. The Morgan fingerprint density at radius 1 is 1.38 bits per heavy atom. The molecule has 7 nitrogen and oxygen atoms in total. The average Bonchev–Trinajstić information content (AvgIpc) is 3.02. The van der Waals surface area contributed by atoms with E-state index in [1.54, 1.807) is 6.07 Å². The van der Waals surface area contributed by atoms with E-state index in [1.165, 1.54) is 6.07 Å². The Morgan fingerprint density at radius 2 is 2.14 bits per heavy atom. The summed E-state index contributed by atoms with van der Waals surface area (Å²) in [6.07, 6.45) is 1.58. The van der Waals surface area contributed by atoms with Gasteiger partial charge in [0.2, 0.25) is 5.89 Å². The van der Waals surface area contributed by atoms with Crippen molar-refractivity contribution in [3.8, 4) is 10.8 Å². The van der Waals surface area contributed by atoms with Gasteiger partial charge in [-0.2, -0.15) is 0 Å². The van der Waals surface area contributed by atoms with Gasteiger partial charge in [0.15, 0.2) is 0 Å². The normalized spacial score (nSPS) is 11.8. The molecule has 2 rings (SSSR count). The Kier molecular flexibility index (Phi) is 4.69. The van der Waals surface area contributed by atoms with Crippen molar-refractivity contribution in [3.05, 3.63) is 28.1 Å². The molecule has 1 N–H and O–H groups in total. The fourth-order valence-corrected chi connectivity index (χ4v) is 2.44. The van der Waals surface area contributed by atoms with Gasteiger partial charge < -0.3 is 9.73 Å². The summed E-state index contributed by atoms with van der Waals surface area (Å²) in [5, 5.41) is 22.0. The number of nitrogens with zero attached hydrogens (tertiary/aromatic N) is 3. The second-order valence-electron chi connectivity index (χ2n) is 5.68. The topological polar surface area (TPSA) is 94.1 Å². The van der Waals surface area contributed by atoms with Crippen molar-refractivity contribution in [3.63, 3.8) is 0 Å². The second-order valence-corrected chi connectivity index (χ2v) is 6.74. The van der Waals surface area contributed by atoms with E-state index in [2.05, 4.69) is 36.3 Å². The molecule has 0 saturated heterocycles. The first-order valence-electron chi connectivity index (χ1n) is 6.67. The van der Waals surface area contributed by atoms with Crippen LogP contribution in [0.3, 0.4) is 0 Å². The zero-order chi connectivity index (χ0) is 15.5. The molecular weight excluding hydrogens is 292 g/mol. The first-order chi connectivity index (χ1) is 9.85. The molecule has 0 unspecified atom stereocenters. The molecule has 0 aliphatic rings. The van der Waals surface area contributed by atoms with Crippen LogP contribution in [0.4, 0.5) is 5.00 Å². The number of aromatic nitrogens is 2. The molecule has 2 aromatic heterocycles. The van der Waals surface area contributed by atoms with Gasteiger partial charge in [-0.3, -0.25) is 10.1 Å². The number of hydrogen-bond donors (Lipinski definition) is 1. The van der Waals surface area contributed by atoms with Crippen LogP contribution < -0.4 is 5.32 Å². The van der Waals surface area contributed by atoms with E-state index < -0.39 is 4.92 Å². The summed E-state index contributed by atoms with van der Waals surface area (Å²) in [6.45, 7) is 7.20. The summed E-state index contributed by atoms with van der Waals surface area (Å²) in [6, 6.07) is 3.07. The SMILES string of the molecule is CC(C)(C)NCCCc1nnc(-c2ccc([N+](=O)[O-])s2)o1. The Balaban J connectivity index is 1.90. The average molecular weight is 310 g/mol. The highest BCUT2D eigenvalue weighted by molar-refractivity contribution is 7.18. The lowest BCUT2D eigenvalue weighted by Gasteiger charge is -2.19. The molecular formula is C13H18N4O3S. The van der Waals surface area contributed by atoms with E-state index in [0.717, 1.165) is 24.3 Å². The van der Waals surface area contributed by atoms with E-state index in [-0.39, 0.29) is 10.5 Å². The van der Waals surface area contributed by atoms with Gasteiger partial charge in [-0.05, 0) is 39.8 Å². The fraction of sp³-hybridized carbons (Fsp3) is 0.538. The van der Waals surface area contributed by atoms with Crippen LogP contribution in [0, 0.1) is 10.1 Å². The molecule has 0 saturated carbocycles. The van der Waals surface area contributed by atoms with Crippen LogP contribution >= 0.6 is 11.3 Å². The van der Waals surface area contributed by atoms with Crippen molar-refractivity contribution in [2.45, 2.75) is 39.2 Å². The van der Waals surface area contributed by atoms with Gasteiger partial charge in [-0.15, -0.1) is 10.2 Å². The second kappa shape index (κ2) is 6.31. The van der Waals surface area contributed by atoms with Gasteiger partial charge in [-0.25, -0.2) is 0 Å². The molecule has 8 heteroatoms. The summed E-state index contributed by atoms with van der Waals surface area (Å²) in [4.78, 5) is 10.8. The van der Waals surface area contributed by atoms with E-state index in [1.807, 2.05) is 0 Å². The van der Waals surface area contributed by atoms with Crippen molar-refractivity contribution in [1.82, 2.24) is 15.5 Å². The van der Waals surface area contributed by atoms with Crippen LogP contribution in [0.5, 0.6) is 0 Å². The molecule has 0 amide bonds. The maximum Gasteiger partial charge on any atom is 0.324 e. The predicted molar refractivity (Wildman–Crippen MR) is 80.3 cm³/mol. The lowest BCUT2D eigenvalue weighted by molar-refractivity contribution is -0.380. The molecule has 114 valence electrons. The van der Waals surface area contributed by atoms with Crippen molar-refractivity contribution in [2.24, 2.45) is 0 Å². The third kappa shape index (κ3) is 4.61. The highest BCUT2D eigenvalue weighted by atomic mass is 32.1. The van der Waals surface area contributed by atoms with Gasteiger partial charge >= 0.3 is 5.00 Å². The van der Waals surface area contributed by atoms with Gasteiger partial charge in [0, 0.05) is 18.0 Å². The minimum atomic E-state index is -0.427. The van der Waals surface area contributed by atoms with Crippen molar-refractivity contribution in [1.29, 1.82) is 0 Å². The zero-order valence-corrected chi connectivity index (χ0v) is 13.1. The smallest absolute Gasteiger partial charge is 0.324 e. The number of rotatable bonds is 6. The molecule has 21 heavy (non-hydrogen) atoms. The first-order valence-corrected chi connectivity index (χ1v) is 7.49. The quantitative estimate of drug-likeness (QED) is 0.500. The van der Waals surface area contributed by atoms with E-state index >= 15 is 0 Å². The summed E-state index contributed by atoms with van der Waals surface area (Å²) in [7, 11) is 0. The van der Waals surface area contributed by atoms with Gasteiger partial charge in [0.25, 0.3) is 5.89 Å². The lowest BCUT2D eigenvalue weighted by Crippen LogP contribution is -2.36. The summed E-state index contributed by atoms with van der Waals surface area (Å²) in [5.41, 5.74) is 0.0932. The number of aryl methyl sites for hydroxylation is 1. The Morgan fingerprint density at radius 3 is 2.76 bits per heavy atom. The van der Waals surface area contributed by atoms with E-state index in [9.17, 15) is 10.1 Å². The van der Waals surface area contributed by atoms with E-state index in [4.69, 9.17) is 4.42 Å². The molecule has 0 bridgehead atoms. The molecule has 0 radical (unpaired) electrons. The molecule has 2 aromatic rings. The molecule has 0 spiro atoms. The fourth-order valence-electron chi connectivity index (χ4n) is 1.70. The zero-order valence-electron chi connectivity index (χ0n) is 12.3. The molecule has 0 aliphatic heterocycles. The molecule has 0 aliphatic carbocycles. The number of hydrogen-bond acceptors (Lipinski definition) is 7. The van der Waals surface area contributed by atoms with Gasteiger partial charge in [0.05, 0.1) is 9.80 Å². The minimum Gasteiger partial charge on any atom is -0.420 e. The summed E-state index contributed by atoms with van der Waals surface area (Å²) in [5.74, 6) is 0.892. The van der Waals surface area contributed by atoms with Crippen molar-refractivity contribution < 1.29 is 9.34 Å². The van der Waals surface area contributed by atoms with Crippen LogP contribution in [0.2, 0.25) is 0 Å². The van der Waals surface area contributed by atoms with Crippen LogP contribution in [0.15, 0.2) is 16.5 Å². The molecule has 2 heterocycles. The monoisotopic (exact) mass is 310 g/mol. The van der Waals surface area contributed by atoms with Gasteiger partial charge in [0.1, 0.15) is 0 Å². The third-order valence-electron chi connectivity index (χ3n) is 2.67. The maximum absolute atomic E-state index is 10.6. The van der Waals surface area contributed by atoms with Crippen molar-refractivity contribution in [2.75, 3.05) is 6.54 Å². The van der Waals surface area contributed by atoms with E-state index in [0.29, 0.717) is 23.1 Å². The largest absolute Gasteiger partial charge is 0.420 e. The highest BCUT2D eigenvalue weighted by Gasteiger charge is 2.16. The Bertz CT molecular complexity index is 615. The summed E-state index contributed by atoms with van der Waals surface area (Å²) < 4.78 is 5.53. The summed E-state index contributed by atoms with van der Waals surface area (Å²) >= 11 is 1.03. The van der Waals surface area contributed by atoms with Gasteiger partial charge in [-0.1, -0.05) is 11.3 Å². The van der Waals surface area contributed by atoms with Crippen molar-refractivity contribution >= 4 is 16.3 Å². The number of nitrogens with one attached hydrogen (secondary N) is 1. The minimum absolute atomic E-state index is 0.0686. The Hall–Kier alpha value is -1.80. The third-order valence-corrected chi connectivity index (χ3v) is 3.70. The predicted octanol–water partition coefficient (Wildman–Crippen LogP) is 3.03. The maximum atomic E-state index is 10.6.